The van der Waals surface area contributed by atoms with Crippen LogP contribution in [0.3, 0.4) is 0 Å². The van der Waals surface area contributed by atoms with E-state index in [0.717, 1.165) is 16.5 Å². The van der Waals surface area contributed by atoms with Gasteiger partial charge in [-0.3, -0.25) is 4.98 Å². The van der Waals surface area contributed by atoms with E-state index in [1.807, 2.05) is 30.3 Å². The Morgan fingerprint density at radius 1 is 1.05 bits per heavy atom. The van der Waals surface area contributed by atoms with Gasteiger partial charge >= 0.3 is 0 Å². The standard InChI is InChI=1S/C15H14N4O/c1-20-13-7-9-17-15(19-13)18-10-12-5-2-4-11-6-3-8-16-14(11)12/h2-9H,10H2,1H3,(H,17,18,19). The van der Waals surface area contributed by atoms with Crippen molar-refractivity contribution in [3.05, 3.63) is 54.4 Å². The number of rotatable bonds is 4. The van der Waals surface area contributed by atoms with E-state index >= 15 is 0 Å². The van der Waals surface area contributed by atoms with E-state index in [-0.39, 0.29) is 0 Å². The van der Waals surface area contributed by atoms with Crippen LogP contribution in [-0.2, 0) is 6.54 Å². The number of ether oxygens (including phenoxy) is 1. The normalized spacial score (nSPS) is 10.4. The summed E-state index contributed by atoms with van der Waals surface area (Å²) in [6.45, 7) is 0.613. The van der Waals surface area contributed by atoms with Gasteiger partial charge < -0.3 is 10.1 Å². The van der Waals surface area contributed by atoms with E-state index in [0.29, 0.717) is 18.4 Å². The van der Waals surface area contributed by atoms with Crippen LogP contribution in [0.15, 0.2) is 48.8 Å². The quantitative estimate of drug-likeness (QED) is 0.786. The Bertz CT molecular complexity index is 724. The summed E-state index contributed by atoms with van der Waals surface area (Å²) >= 11 is 0. The average Bonchev–Trinajstić information content (AvgIpc) is 2.53. The van der Waals surface area contributed by atoms with Crippen molar-refractivity contribution in [2.75, 3.05) is 12.4 Å². The zero-order valence-electron chi connectivity index (χ0n) is 11.1. The smallest absolute Gasteiger partial charge is 0.226 e. The highest BCUT2D eigenvalue weighted by Gasteiger charge is 2.03. The van der Waals surface area contributed by atoms with Crippen LogP contribution in [0, 0.1) is 0 Å². The minimum Gasteiger partial charge on any atom is -0.481 e. The number of hydrogen-bond acceptors (Lipinski definition) is 5. The predicted molar refractivity (Wildman–Crippen MR) is 77.7 cm³/mol. The van der Waals surface area contributed by atoms with Crippen LogP contribution in [0.5, 0.6) is 5.88 Å². The molecular weight excluding hydrogens is 252 g/mol. The molecule has 0 saturated heterocycles. The highest BCUT2D eigenvalue weighted by atomic mass is 16.5. The summed E-state index contributed by atoms with van der Waals surface area (Å²) in [4.78, 5) is 12.8. The summed E-state index contributed by atoms with van der Waals surface area (Å²) in [6, 6.07) is 11.8. The number of nitrogens with one attached hydrogen (secondary N) is 1. The zero-order valence-corrected chi connectivity index (χ0v) is 11.1. The van der Waals surface area contributed by atoms with E-state index in [9.17, 15) is 0 Å². The maximum Gasteiger partial charge on any atom is 0.226 e. The molecule has 2 heterocycles. The van der Waals surface area contributed by atoms with Gasteiger partial charge in [0.2, 0.25) is 11.8 Å². The van der Waals surface area contributed by atoms with Crippen molar-refractivity contribution < 1.29 is 4.74 Å². The first kappa shape index (κ1) is 12.3. The first-order valence-electron chi connectivity index (χ1n) is 6.30. The molecule has 20 heavy (non-hydrogen) atoms. The summed E-state index contributed by atoms with van der Waals surface area (Å²) in [5.41, 5.74) is 2.10. The van der Waals surface area contributed by atoms with E-state index in [1.54, 1.807) is 25.6 Å². The van der Waals surface area contributed by atoms with Gasteiger partial charge in [-0.05, 0) is 11.6 Å². The number of nitrogens with zero attached hydrogens (tertiary/aromatic N) is 3. The van der Waals surface area contributed by atoms with Gasteiger partial charge in [0.15, 0.2) is 0 Å². The van der Waals surface area contributed by atoms with Gasteiger partial charge in [0.05, 0.1) is 12.6 Å². The number of hydrogen-bond donors (Lipinski definition) is 1. The first-order chi connectivity index (χ1) is 9.86. The maximum atomic E-state index is 5.07. The number of fused-ring (bicyclic) bond motifs is 1. The van der Waals surface area contributed by atoms with Crippen molar-refractivity contribution in [1.29, 1.82) is 0 Å². The number of benzene rings is 1. The van der Waals surface area contributed by atoms with Gasteiger partial charge in [0.1, 0.15) is 0 Å². The number of pyridine rings is 1. The lowest BCUT2D eigenvalue weighted by Gasteiger charge is -2.08. The molecule has 0 unspecified atom stereocenters. The molecule has 1 N–H and O–H groups in total. The van der Waals surface area contributed by atoms with Crippen molar-refractivity contribution in [3.8, 4) is 5.88 Å². The lowest BCUT2D eigenvalue weighted by Crippen LogP contribution is -2.04. The van der Waals surface area contributed by atoms with E-state index < -0.39 is 0 Å². The molecule has 2 aromatic heterocycles. The van der Waals surface area contributed by atoms with E-state index in [1.165, 1.54) is 0 Å². The minimum atomic E-state index is 0.539. The highest BCUT2D eigenvalue weighted by Crippen LogP contribution is 2.17. The lowest BCUT2D eigenvalue weighted by molar-refractivity contribution is 0.397. The fourth-order valence-electron chi connectivity index (χ4n) is 2.03. The van der Waals surface area contributed by atoms with Gasteiger partial charge in [0, 0.05) is 30.4 Å². The molecule has 3 aromatic rings. The second-order valence-electron chi connectivity index (χ2n) is 4.27. The molecule has 3 rings (SSSR count). The Morgan fingerprint density at radius 2 is 1.95 bits per heavy atom. The number of methoxy groups -OCH3 is 1. The van der Waals surface area contributed by atoms with Crippen LogP contribution in [0.25, 0.3) is 10.9 Å². The second kappa shape index (κ2) is 5.52. The molecule has 0 aliphatic carbocycles. The molecule has 0 atom stereocenters. The van der Waals surface area contributed by atoms with E-state index in [4.69, 9.17) is 4.74 Å². The molecule has 0 amide bonds. The van der Waals surface area contributed by atoms with E-state index in [2.05, 4.69) is 20.3 Å². The summed E-state index contributed by atoms with van der Waals surface area (Å²) in [5, 5.41) is 4.31. The van der Waals surface area contributed by atoms with Crippen LogP contribution in [-0.4, -0.2) is 22.1 Å². The summed E-state index contributed by atoms with van der Waals surface area (Å²) < 4.78 is 5.07. The zero-order chi connectivity index (χ0) is 13.8. The number of anilines is 1. The fraction of sp³-hybridized carbons (Fsp3) is 0.133. The molecule has 100 valence electrons. The minimum absolute atomic E-state index is 0.539. The van der Waals surface area contributed by atoms with Crippen molar-refractivity contribution >= 4 is 16.9 Å². The molecule has 5 heteroatoms. The van der Waals surface area contributed by atoms with Gasteiger partial charge in [-0.1, -0.05) is 24.3 Å². The number of aromatic nitrogens is 3. The fourth-order valence-corrected chi connectivity index (χ4v) is 2.03. The largest absolute Gasteiger partial charge is 0.481 e. The predicted octanol–water partition coefficient (Wildman–Crippen LogP) is 2.65. The van der Waals surface area contributed by atoms with Crippen molar-refractivity contribution in [3.63, 3.8) is 0 Å². The van der Waals surface area contributed by atoms with Crippen LogP contribution in [0.1, 0.15) is 5.56 Å². The Morgan fingerprint density at radius 3 is 2.85 bits per heavy atom. The van der Waals surface area contributed by atoms with Crippen molar-refractivity contribution in [2.24, 2.45) is 0 Å². The van der Waals surface area contributed by atoms with Gasteiger partial charge in [-0.2, -0.15) is 4.98 Å². The molecule has 0 radical (unpaired) electrons. The Kier molecular flexibility index (Phi) is 3.41. The third-order valence-corrected chi connectivity index (χ3v) is 2.99. The summed E-state index contributed by atoms with van der Waals surface area (Å²) in [5.74, 6) is 1.08. The van der Waals surface area contributed by atoms with Gasteiger partial charge in [-0.15, -0.1) is 0 Å². The molecular formula is C15H14N4O. The van der Waals surface area contributed by atoms with Crippen LogP contribution in [0.2, 0.25) is 0 Å². The van der Waals surface area contributed by atoms with Crippen molar-refractivity contribution in [2.45, 2.75) is 6.54 Å². The molecule has 5 nitrogen and oxygen atoms in total. The topological polar surface area (TPSA) is 59.9 Å². The van der Waals surface area contributed by atoms with Crippen LogP contribution in [0.4, 0.5) is 5.95 Å². The highest BCUT2D eigenvalue weighted by molar-refractivity contribution is 5.81. The Labute approximate surface area is 116 Å². The van der Waals surface area contributed by atoms with Crippen LogP contribution < -0.4 is 10.1 Å². The van der Waals surface area contributed by atoms with Crippen LogP contribution >= 0.6 is 0 Å². The van der Waals surface area contributed by atoms with Crippen molar-refractivity contribution in [1.82, 2.24) is 15.0 Å². The average molecular weight is 266 g/mol. The second-order valence-corrected chi connectivity index (χ2v) is 4.27. The maximum absolute atomic E-state index is 5.07. The molecule has 0 spiro atoms. The van der Waals surface area contributed by atoms with Gasteiger partial charge in [0.25, 0.3) is 0 Å². The first-order valence-corrected chi connectivity index (χ1v) is 6.30. The molecule has 0 aliphatic heterocycles. The Hall–Kier alpha value is -2.69. The molecule has 0 aliphatic rings. The molecule has 1 aromatic carbocycles. The number of para-hydroxylation sites is 1. The summed E-state index contributed by atoms with van der Waals surface area (Å²) in [6.07, 6.45) is 3.46. The Balaban J connectivity index is 1.83. The third kappa shape index (κ3) is 2.51. The summed E-state index contributed by atoms with van der Waals surface area (Å²) in [7, 11) is 1.58. The molecule has 0 bridgehead atoms. The van der Waals surface area contributed by atoms with Gasteiger partial charge in [-0.25, -0.2) is 4.98 Å². The monoisotopic (exact) mass is 266 g/mol. The lowest BCUT2D eigenvalue weighted by atomic mass is 10.1. The SMILES string of the molecule is COc1ccnc(NCc2cccc3cccnc23)n1. The molecule has 0 fully saturated rings. The molecule has 0 saturated carbocycles. The third-order valence-electron chi connectivity index (χ3n) is 2.99.